The second-order valence-corrected chi connectivity index (χ2v) is 11.5. The number of likely N-dealkylation sites (N-methyl/N-ethyl adjacent to an activating group) is 1. The number of aromatic hydroxyl groups is 1. The number of benzene rings is 3. The molecule has 0 amide bonds. The molecule has 0 saturated carbocycles. The molecule has 0 fully saturated rings. The maximum absolute atomic E-state index is 13.0. The van der Waals surface area contributed by atoms with Gasteiger partial charge >= 0.3 is 0 Å². The van der Waals surface area contributed by atoms with Crippen molar-refractivity contribution in [2.24, 2.45) is 4.99 Å². The number of hydrogen-bond donors (Lipinski definition) is 2. The van der Waals surface area contributed by atoms with E-state index in [0.717, 1.165) is 10.9 Å². The van der Waals surface area contributed by atoms with E-state index >= 15 is 0 Å². The summed E-state index contributed by atoms with van der Waals surface area (Å²) in [6, 6.07) is 22.2. The van der Waals surface area contributed by atoms with Gasteiger partial charge in [0, 0.05) is 29.1 Å². The van der Waals surface area contributed by atoms with Crippen molar-refractivity contribution >= 4 is 49.6 Å². The van der Waals surface area contributed by atoms with Crippen LogP contribution in [0.4, 0.5) is 11.4 Å². The largest absolute Gasteiger partial charge is 0.494 e. The minimum Gasteiger partial charge on any atom is -0.494 e. The molecule has 9 heteroatoms. The van der Waals surface area contributed by atoms with Gasteiger partial charge < -0.3 is 15.0 Å². The van der Waals surface area contributed by atoms with Crippen LogP contribution in [0, 0.1) is 0 Å². The smallest absolute Gasteiger partial charge is 0.235 e. The zero-order valence-corrected chi connectivity index (χ0v) is 22.7. The molecule has 0 radical (unpaired) electrons. The summed E-state index contributed by atoms with van der Waals surface area (Å²) in [5.41, 5.74) is 3.92. The van der Waals surface area contributed by atoms with Gasteiger partial charge in [-0.3, -0.25) is 4.31 Å². The average molecular weight is 539 g/mol. The van der Waals surface area contributed by atoms with Gasteiger partial charge in [-0.05, 0) is 56.9 Å². The van der Waals surface area contributed by atoms with Gasteiger partial charge in [0.15, 0.2) is 5.88 Å². The summed E-state index contributed by atoms with van der Waals surface area (Å²) in [4.78, 5) is 9.86. The van der Waals surface area contributed by atoms with Crippen LogP contribution in [0.2, 0.25) is 5.02 Å². The number of anilines is 1. The molecular formula is C28H31ClN4O3S. The molecule has 0 aliphatic rings. The van der Waals surface area contributed by atoms with E-state index in [0.29, 0.717) is 52.7 Å². The van der Waals surface area contributed by atoms with Gasteiger partial charge in [0.2, 0.25) is 10.0 Å². The molecule has 4 rings (SSSR count). The van der Waals surface area contributed by atoms with E-state index in [9.17, 15) is 13.5 Å². The second kappa shape index (κ2) is 11.4. The van der Waals surface area contributed by atoms with E-state index in [2.05, 4.69) is 4.98 Å². The van der Waals surface area contributed by atoms with Crippen molar-refractivity contribution in [3.05, 3.63) is 88.9 Å². The summed E-state index contributed by atoms with van der Waals surface area (Å²) >= 11 is 6.16. The third kappa shape index (κ3) is 6.15. The van der Waals surface area contributed by atoms with Crippen LogP contribution in [0.25, 0.3) is 10.9 Å². The first-order valence-corrected chi connectivity index (χ1v) is 14.1. The molecule has 4 aromatic rings. The summed E-state index contributed by atoms with van der Waals surface area (Å²) in [6.07, 6.45) is 0.545. The van der Waals surface area contributed by atoms with Gasteiger partial charge in [-0.2, -0.15) is 0 Å². The number of aromatic amines is 1. The van der Waals surface area contributed by atoms with Gasteiger partial charge in [-0.15, -0.1) is 0 Å². The van der Waals surface area contributed by atoms with Crippen LogP contribution in [0.15, 0.2) is 77.8 Å². The number of hydrogen-bond acceptors (Lipinski definition) is 5. The molecule has 0 atom stereocenters. The van der Waals surface area contributed by atoms with Crippen LogP contribution in [0.5, 0.6) is 5.88 Å². The van der Waals surface area contributed by atoms with E-state index in [1.807, 2.05) is 62.3 Å². The summed E-state index contributed by atoms with van der Waals surface area (Å²) in [7, 11) is 0.390. The van der Waals surface area contributed by atoms with Crippen LogP contribution in [-0.4, -0.2) is 62.1 Å². The van der Waals surface area contributed by atoms with Crippen molar-refractivity contribution < 1.29 is 13.5 Å². The van der Waals surface area contributed by atoms with Crippen LogP contribution in [0.3, 0.4) is 0 Å². The van der Waals surface area contributed by atoms with Crippen molar-refractivity contribution in [1.29, 1.82) is 0 Å². The van der Waals surface area contributed by atoms with Gasteiger partial charge in [-0.1, -0.05) is 54.9 Å². The number of halogens is 1. The minimum atomic E-state index is -3.45. The summed E-state index contributed by atoms with van der Waals surface area (Å²) in [5.74, 6) is 0.0829. The first-order chi connectivity index (χ1) is 17.7. The molecule has 0 aliphatic heterocycles. The second-order valence-electron chi connectivity index (χ2n) is 9.07. The Labute approximate surface area is 223 Å². The number of H-pyrrole nitrogens is 1. The fourth-order valence-corrected chi connectivity index (χ4v) is 5.88. The molecule has 7 nitrogen and oxygen atoms in total. The van der Waals surface area contributed by atoms with Crippen LogP contribution < -0.4 is 4.31 Å². The monoisotopic (exact) mass is 538 g/mol. The van der Waals surface area contributed by atoms with Crippen molar-refractivity contribution in [2.75, 3.05) is 37.2 Å². The topological polar surface area (TPSA) is 89.0 Å². The highest BCUT2D eigenvalue weighted by atomic mass is 35.5. The lowest BCUT2D eigenvalue weighted by Gasteiger charge is -2.26. The summed E-state index contributed by atoms with van der Waals surface area (Å²) in [6.45, 7) is 2.82. The van der Waals surface area contributed by atoms with Crippen LogP contribution in [-0.2, 0) is 10.0 Å². The van der Waals surface area contributed by atoms with Crippen LogP contribution in [0.1, 0.15) is 24.5 Å². The Hall–Kier alpha value is -3.33. The number of nitrogens with zero attached hydrogens (tertiary/aromatic N) is 3. The normalized spacial score (nSPS) is 12.4. The van der Waals surface area contributed by atoms with Gasteiger partial charge in [-0.25, -0.2) is 13.4 Å². The highest BCUT2D eigenvalue weighted by Crippen LogP contribution is 2.33. The third-order valence-electron chi connectivity index (χ3n) is 5.95. The lowest BCUT2D eigenvalue weighted by atomic mass is 10.0. The van der Waals surface area contributed by atoms with E-state index < -0.39 is 10.0 Å². The number of aromatic nitrogens is 1. The maximum Gasteiger partial charge on any atom is 0.235 e. The molecule has 2 N–H and O–H groups in total. The molecule has 194 valence electrons. The molecule has 1 aromatic heterocycles. The van der Waals surface area contributed by atoms with E-state index in [1.54, 1.807) is 36.4 Å². The van der Waals surface area contributed by atoms with Crippen molar-refractivity contribution in [2.45, 2.75) is 13.3 Å². The van der Waals surface area contributed by atoms with E-state index in [1.165, 1.54) is 4.31 Å². The highest BCUT2D eigenvalue weighted by molar-refractivity contribution is 7.92. The molecule has 0 saturated heterocycles. The molecule has 3 aromatic carbocycles. The lowest BCUT2D eigenvalue weighted by Crippen LogP contribution is -2.38. The molecule has 1 heterocycles. The fraction of sp³-hybridized carbons (Fsp3) is 0.250. The predicted octanol–water partition coefficient (Wildman–Crippen LogP) is 5.80. The Balaban J connectivity index is 1.78. The van der Waals surface area contributed by atoms with Gasteiger partial charge in [0.25, 0.3) is 0 Å². The predicted molar refractivity (Wildman–Crippen MR) is 153 cm³/mol. The molecule has 0 aliphatic carbocycles. The first-order valence-electron chi connectivity index (χ1n) is 12.1. The molecule has 0 spiro atoms. The van der Waals surface area contributed by atoms with Crippen molar-refractivity contribution in [3.8, 4) is 5.88 Å². The quantitative estimate of drug-likeness (QED) is 0.250. The standard InChI is InChI=1S/C28H31ClN4O3S/c1-4-18-37(35,36)33(17-16-32(2)3)23-13-11-22(12-14-23)30-27(20-8-6-5-7-9-20)26-24-15-10-21(29)19-25(24)31-28(26)34/h5-15,19,31,34H,4,16-18H2,1-3H3. The SMILES string of the molecule is CCCS(=O)(=O)N(CCN(C)C)c1ccc(N=C(c2ccccc2)c2c(O)[nH]c3cc(Cl)ccc23)cc1. The first kappa shape index (κ1) is 26.7. The zero-order valence-electron chi connectivity index (χ0n) is 21.1. The molecular weight excluding hydrogens is 508 g/mol. The molecule has 0 unspecified atom stereocenters. The van der Waals surface area contributed by atoms with Crippen molar-refractivity contribution in [3.63, 3.8) is 0 Å². The number of fused-ring (bicyclic) bond motifs is 1. The summed E-state index contributed by atoms with van der Waals surface area (Å²) in [5, 5.41) is 12.2. The number of rotatable bonds is 10. The van der Waals surface area contributed by atoms with E-state index in [-0.39, 0.29) is 11.6 Å². The Kier molecular flexibility index (Phi) is 8.22. The van der Waals surface area contributed by atoms with Crippen molar-refractivity contribution in [1.82, 2.24) is 9.88 Å². The lowest BCUT2D eigenvalue weighted by molar-refractivity contribution is 0.419. The van der Waals surface area contributed by atoms with Gasteiger partial charge in [0.1, 0.15) is 0 Å². The molecule has 37 heavy (non-hydrogen) atoms. The fourth-order valence-electron chi connectivity index (χ4n) is 4.17. The highest BCUT2D eigenvalue weighted by Gasteiger charge is 2.22. The minimum absolute atomic E-state index is 0.00277. The average Bonchev–Trinajstić information content (AvgIpc) is 3.18. The summed E-state index contributed by atoms with van der Waals surface area (Å²) < 4.78 is 27.4. The Bertz CT molecular complexity index is 1500. The van der Waals surface area contributed by atoms with Gasteiger partial charge in [0.05, 0.1) is 33.9 Å². The maximum atomic E-state index is 13.0. The van der Waals surface area contributed by atoms with E-state index in [4.69, 9.17) is 16.6 Å². The number of nitrogens with one attached hydrogen (secondary N) is 1. The van der Waals surface area contributed by atoms with Crippen LogP contribution >= 0.6 is 11.6 Å². The number of sulfonamides is 1. The Morgan fingerprint density at radius 2 is 1.70 bits per heavy atom. The zero-order chi connectivity index (χ0) is 26.6. The molecule has 0 bridgehead atoms. The third-order valence-corrected chi connectivity index (χ3v) is 8.18. The Morgan fingerprint density at radius 3 is 2.35 bits per heavy atom. The Morgan fingerprint density at radius 1 is 1.00 bits per heavy atom. The number of aliphatic imine (C=N–C) groups is 1.